The lowest BCUT2D eigenvalue weighted by atomic mass is 10.2. The Hall–Kier alpha value is -2.17. The Morgan fingerprint density at radius 1 is 1.20 bits per heavy atom. The summed E-state index contributed by atoms with van der Waals surface area (Å²) in [5, 5.41) is 0. The van der Waals surface area contributed by atoms with Gasteiger partial charge < -0.3 is 14.5 Å². The van der Waals surface area contributed by atoms with Crippen LogP contribution in [0, 0.1) is 0 Å². The molecular weight excluding hydrogens is 256 g/mol. The van der Waals surface area contributed by atoms with Crippen molar-refractivity contribution in [3.05, 3.63) is 40.6 Å². The zero-order chi connectivity index (χ0) is 14.5. The smallest absolute Gasteiger partial charge is 0.330 e. The number of H-pyrrole nitrogens is 1. The molecule has 2 aromatic rings. The van der Waals surface area contributed by atoms with Crippen LogP contribution in [0.2, 0.25) is 0 Å². The van der Waals surface area contributed by atoms with Crippen molar-refractivity contribution >= 4 is 0 Å². The second-order valence-corrected chi connectivity index (χ2v) is 4.57. The number of nitrogens with one attached hydrogen (secondary N) is 1. The Morgan fingerprint density at radius 3 is 2.40 bits per heavy atom. The van der Waals surface area contributed by atoms with Gasteiger partial charge in [0.05, 0.1) is 14.2 Å². The molecule has 1 aromatic heterocycles. The average molecular weight is 276 g/mol. The Balaban J connectivity index is 2.50. The number of ether oxygens (including phenoxy) is 2. The summed E-state index contributed by atoms with van der Waals surface area (Å²) in [7, 11) is 3.15. The lowest BCUT2D eigenvalue weighted by Gasteiger charge is -2.12. The van der Waals surface area contributed by atoms with Crippen LogP contribution in [0.1, 0.15) is 25.5 Å². The van der Waals surface area contributed by atoms with E-state index in [1.165, 1.54) is 0 Å². The van der Waals surface area contributed by atoms with E-state index in [1.54, 1.807) is 18.8 Å². The fourth-order valence-corrected chi connectivity index (χ4v) is 2.17. The highest BCUT2D eigenvalue weighted by atomic mass is 16.5. The summed E-state index contributed by atoms with van der Waals surface area (Å²) in [6.45, 7) is 2.12. The maximum Gasteiger partial charge on any atom is 0.330 e. The number of aromatic amines is 1. The first-order valence-corrected chi connectivity index (χ1v) is 6.73. The lowest BCUT2D eigenvalue weighted by molar-refractivity contribution is 0.390. The van der Waals surface area contributed by atoms with Gasteiger partial charge in [0.1, 0.15) is 17.2 Å². The van der Waals surface area contributed by atoms with Crippen LogP contribution in [0.3, 0.4) is 0 Å². The van der Waals surface area contributed by atoms with Crippen molar-refractivity contribution in [2.75, 3.05) is 14.2 Å². The monoisotopic (exact) mass is 276 g/mol. The number of para-hydroxylation sites is 1. The number of methoxy groups -OCH3 is 2. The SMILES string of the molecule is CCCCc1cn(-c2c(OC)cccc2OC)c(=O)[nH]1. The van der Waals surface area contributed by atoms with E-state index >= 15 is 0 Å². The number of nitrogens with zero attached hydrogens (tertiary/aromatic N) is 1. The van der Waals surface area contributed by atoms with E-state index in [-0.39, 0.29) is 5.69 Å². The molecule has 0 aliphatic rings. The van der Waals surface area contributed by atoms with E-state index in [1.807, 2.05) is 24.4 Å². The molecule has 108 valence electrons. The third-order valence-corrected chi connectivity index (χ3v) is 3.21. The summed E-state index contributed by atoms with van der Waals surface area (Å²) >= 11 is 0. The first-order chi connectivity index (χ1) is 9.71. The number of hydrogen-bond acceptors (Lipinski definition) is 3. The van der Waals surface area contributed by atoms with Crippen molar-refractivity contribution in [2.45, 2.75) is 26.2 Å². The van der Waals surface area contributed by atoms with Gasteiger partial charge in [0.2, 0.25) is 0 Å². The minimum Gasteiger partial charge on any atom is -0.494 e. The fraction of sp³-hybridized carbons (Fsp3) is 0.400. The molecule has 2 rings (SSSR count). The molecule has 20 heavy (non-hydrogen) atoms. The number of rotatable bonds is 6. The molecule has 0 unspecified atom stereocenters. The third-order valence-electron chi connectivity index (χ3n) is 3.21. The second kappa shape index (κ2) is 6.32. The predicted octanol–water partition coefficient (Wildman–Crippen LogP) is 2.53. The Morgan fingerprint density at radius 2 is 1.85 bits per heavy atom. The van der Waals surface area contributed by atoms with Crippen LogP contribution in [-0.4, -0.2) is 23.8 Å². The molecule has 0 saturated heterocycles. The molecule has 5 nitrogen and oxygen atoms in total. The molecule has 1 heterocycles. The largest absolute Gasteiger partial charge is 0.494 e. The average Bonchev–Trinajstić information content (AvgIpc) is 2.84. The van der Waals surface area contributed by atoms with E-state index in [9.17, 15) is 4.79 Å². The van der Waals surface area contributed by atoms with E-state index in [2.05, 4.69) is 11.9 Å². The van der Waals surface area contributed by atoms with Crippen LogP contribution in [0.5, 0.6) is 11.5 Å². The molecule has 1 aromatic carbocycles. The van der Waals surface area contributed by atoms with Gasteiger partial charge in [-0.2, -0.15) is 0 Å². The first kappa shape index (κ1) is 14.2. The minimum absolute atomic E-state index is 0.182. The molecule has 0 aliphatic heterocycles. The zero-order valence-corrected chi connectivity index (χ0v) is 12.1. The van der Waals surface area contributed by atoms with Crippen LogP contribution in [-0.2, 0) is 6.42 Å². The first-order valence-electron chi connectivity index (χ1n) is 6.73. The molecule has 0 atom stereocenters. The maximum absolute atomic E-state index is 12.1. The van der Waals surface area contributed by atoms with Gasteiger partial charge in [0.25, 0.3) is 0 Å². The van der Waals surface area contributed by atoms with Crippen LogP contribution in [0.25, 0.3) is 5.69 Å². The highest BCUT2D eigenvalue weighted by Crippen LogP contribution is 2.31. The van der Waals surface area contributed by atoms with Crippen LogP contribution < -0.4 is 15.2 Å². The third kappa shape index (κ3) is 2.71. The molecule has 5 heteroatoms. The normalized spacial score (nSPS) is 10.6. The quantitative estimate of drug-likeness (QED) is 0.882. The minimum atomic E-state index is -0.182. The van der Waals surface area contributed by atoms with Crippen molar-refractivity contribution in [3.63, 3.8) is 0 Å². The standard InChI is InChI=1S/C15H20N2O3/c1-4-5-7-11-10-17(15(18)16-11)14-12(19-2)8-6-9-13(14)20-3/h6,8-10H,4-5,7H2,1-3H3,(H,16,18). The summed E-state index contributed by atoms with van der Waals surface area (Å²) in [6.07, 6.45) is 4.81. The van der Waals surface area contributed by atoms with Gasteiger partial charge in [-0.25, -0.2) is 4.79 Å². The van der Waals surface area contributed by atoms with Gasteiger partial charge in [0, 0.05) is 11.9 Å². The van der Waals surface area contributed by atoms with Gasteiger partial charge in [-0.3, -0.25) is 4.57 Å². The summed E-state index contributed by atoms with van der Waals surface area (Å²) in [5.74, 6) is 1.21. The summed E-state index contributed by atoms with van der Waals surface area (Å²) < 4.78 is 12.2. The van der Waals surface area contributed by atoms with E-state index < -0.39 is 0 Å². The summed E-state index contributed by atoms with van der Waals surface area (Å²) in [6, 6.07) is 5.45. The van der Waals surface area contributed by atoms with Crippen molar-refractivity contribution in [3.8, 4) is 17.2 Å². The number of unbranched alkanes of at least 4 members (excludes halogenated alkanes) is 1. The molecule has 1 N–H and O–H groups in total. The molecule has 0 saturated carbocycles. The van der Waals surface area contributed by atoms with E-state index in [0.717, 1.165) is 25.0 Å². The molecule has 0 radical (unpaired) electrons. The summed E-state index contributed by atoms with van der Waals surface area (Å²) in [4.78, 5) is 15.0. The van der Waals surface area contributed by atoms with Crippen LogP contribution >= 0.6 is 0 Å². The highest BCUT2D eigenvalue weighted by molar-refractivity contribution is 5.57. The van der Waals surface area contributed by atoms with Crippen molar-refractivity contribution < 1.29 is 9.47 Å². The van der Waals surface area contributed by atoms with Crippen LogP contribution in [0.15, 0.2) is 29.2 Å². The maximum atomic E-state index is 12.1. The number of benzene rings is 1. The molecule has 0 amide bonds. The van der Waals surface area contributed by atoms with Crippen molar-refractivity contribution in [1.29, 1.82) is 0 Å². The van der Waals surface area contributed by atoms with Gasteiger partial charge in [0.15, 0.2) is 0 Å². The Bertz CT molecular complexity index is 606. The van der Waals surface area contributed by atoms with Gasteiger partial charge in [-0.1, -0.05) is 19.4 Å². The van der Waals surface area contributed by atoms with Gasteiger partial charge in [-0.05, 0) is 25.0 Å². The Kier molecular flexibility index (Phi) is 4.50. The highest BCUT2D eigenvalue weighted by Gasteiger charge is 2.15. The Labute approximate surface area is 118 Å². The molecular formula is C15H20N2O3. The zero-order valence-electron chi connectivity index (χ0n) is 12.1. The lowest BCUT2D eigenvalue weighted by Crippen LogP contribution is -2.15. The number of aryl methyl sites for hydroxylation is 1. The van der Waals surface area contributed by atoms with Gasteiger partial charge >= 0.3 is 5.69 Å². The molecule has 0 aliphatic carbocycles. The molecule has 0 spiro atoms. The second-order valence-electron chi connectivity index (χ2n) is 4.57. The van der Waals surface area contributed by atoms with Crippen LogP contribution in [0.4, 0.5) is 0 Å². The number of hydrogen-bond donors (Lipinski definition) is 1. The fourth-order valence-electron chi connectivity index (χ4n) is 2.17. The van der Waals surface area contributed by atoms with E-state index in [4.69, 9.17) is 9.47 Å². The van der Waals surface area contributed by atoms with E-state index in [0.29, 0.717) is 17.2 Å². The summed E-state index contributed by atoms with van der Waals surface area (Å²) in [5.41, 5.74) is 1.37. The number of aromatic nitrogens is 2. The van der Waals surface area contributed by atoms with Crippen molar-refractivity contribution in [2.24, 2.45) is 0 Å². The molecule has 0 fully saturated rings. The van der Waals surface area contributed by atoms with Crippen molar-refractivity contribution in [1.82, 2.24) is 9.55 Å². The van der Waals surface area contributed by atoms with Gasteiger partial charge in [-0.15, -0.1) is 0 Å². The molecule has 0 bridgehead atoms. The topological polar surface area (TPSA) is 56.2 Å². The number of imidazole rings is 1. The predicted molar refractivity (Wildman–Crippen MR) is 78.1 cm³/mol.